The number of likely N-dealkylation sites (tertiary alicyclic amines) is 1. The molecular weight excluding hydrogens is 214 g/mol. The zero-order valence-corrected chi connectivity index (χ0v) is 8.92. The van der Waals surface area contributed by atoms with E-state index in [-0.39, 0.29) is 24.9 Å². The molecular formula is C9H13N3O4. The van der Waals surface area contributed by atoms with Crippen LogP contribution in [0, 0.1) is 5.92 Å². The number of ether oxygens (including phenoxy) is 1. The number of amides is 1. The zero-order chi connectivity index (χ0) is 11.8. The second-order valence-electron chi connectivity index (χ2n) is 4.10. The molecule has 0 aromatic rings. The lowest BCUT2D eigenvalue weighted by molar-refractivity contribution is -0.131. The van der Waals surface area contributed by atoms with E-state index in [0.29, 0.717) is 13.1 Å². The van der Waals surface area contributed by atoms with Gasteiger partial charge in [0.15, 0.2) is 5.54 Å². The number of carbonyl (C=O) groups is 2. The van der Waals surface area contributed by atoms with Crippen molar-refractivity contribution in [2.75, 3.05) is 26.7 Å². The van der Waals surface area contributed by atoms with Crippen molar-refractivity contribution in [2.45, 2.75) is 12.0 Å². The van der Waals surface area contributed by atoms with E-state index in [0.717, 1.165) is 0 Å². The number of carbonyl (C=O) groups excluding carboxylic acids is 1. The molecule has 2 aliphatic heterocycles. The Morgan fingerprint density at radius 1 is 1.75 bits per heavy atom. The first-order valence-corrected chi connectivity index (χ1v) is 5.06. The lowest BCUT2D eigenvalue weighted by Gasteiger charge is -2.20. The van der Waals surface area contributed by atoms with Crippen molar-refractivity contribution in [3.8, 4) is 0 Å². The first-order chi connectivity index (χ1) is 7.56. The standard InChI is InChI=1S/C9H13N3O4/c1-12-5-6-4-10-11-9(6,7(12)13)2-3-16-8(14)15/h6H,2-5H2,1H3,(H,14,15)/t6-,9-/m0/s1. The van der Waals surface area contributed by atoms with Gasteiger partial charge in [-0.15, -0.1) is 0 Å². The van der Waals surface area contributed by atoms with E-state index in [1.165, 1.54) is 0 Å². The number of nitrogens with zero attached hydrogens (tertiary/aromatic N) is 3. The molecule has 2 rings (SSSR count). The average Bonchev–Trinajstić information content (AvgIpc) is 2.69. The molecule has 1 fully saturated rings. The van der Waals surface area contributed by atoms with E-state index in [1.807, 2.05) is 0 Å². The molecule has 0 spiro atoms. The minimum absolute atomic E-state index is 0.0234. The second-order valence-corrected chi connectivity index (χ2v) is 4.10. The van der Waals surface area contributed by atoms with Gasteiger partial charge in [0.05, 0.1) is 13.2 Å². The van der Waals surface area contributed by atoms with Crippen LogP contribution in [0.1, 0.15) is 6.42 Å². The predicted octanol–water partition coefficient (Wildman–Crippen LogP) is 0.364. The van der Waals surface area contributed by atoms with Crippen molar-refractivity contribution < 1.29 is 19.4 Å². The minimum Gasteiger partial charge on any atom is -0.450 e. The van der Waals surface area contributed by atoms with Crippen molar-refractivity contribution in [1.29, 1.82) is 0 Å². The van der Waals surface area contributed by atoms with Crippen LogP contribution in [0.2, 0.25) is 0 Å². The first-order valence-electron chi connectivity index (χ1n) is 5.06. The van der Waals surface area contributed by atoms with E-state index in [2.05, 4.69) is 15.0 Å². The molecule has 0 aromatic carbocycles. The number of fused-ring (bicyclic) bond motifs is 1. The summed E-state index contributed by atoms with van der Waals surface area (Å²) in [6, 6.07) is 0. The van der Waals surface area contributed by atoms with Crippen molar-refractivity contribution >= 4 is 12.1 Å². The smallest absolute Gasteiger partial charge is 0.450 e. The van der Waals surface area contributed by atoms with Crippen LogP contribution >= 0.6 is 0 Å². The number of carboxylic acid groups (broad SMARTS) is 1. The van der Waals surface area contributed by atoms with Crippen molar-refractivity contribution in [2.24, 2.45) is 16.1 Å². The SMILES string of the molecule is CN1C[C@@H]2CN=N[C@]2(CCOC(=O)O)C1=O. The summed E-state index contributed by atoms with van der Waals surface area (Å²) in [5.41, 5.74) is -0.871. The maximum absolute atomic E-state index is 12.0. The minimum atomic E-state index is -1.33. The van der Waals surface area contributed by atoms with Crippen LogP contribution in [0.25, 0.3) is 0 Å². The summed E-state index contributed by atoms with van der Waals surface area (Å²) in [6.07, 6.45) is -1.06. The molecule has 0 aromatic heterocycles. The van der Waals surface area contributed by atoms with Crippen molar-refractivity contribution in [3.05, 3.63) is 0 Å². The third kappa shape index (κ3) is 1.52. The molecule has 2 aliphatic rings. The Balaban J connectivity index is 2.06. The lowest BCUT2D eigenvalue weighted by atomic mass is 9.86. The number of azo groups is 1. The topological polar surface area (TPSA) is 91.6 Å². The van der Waals surface area contributed by atoms with Crippen LogP contribution in [0.3, 0.4) is 0 Å². The molecule has 7 nitrogen and oxygen atoms in total. The van der Waals surface area contributed by atoms with E-state index in [9.17, 15) is 9.59 Å². The molecule has 16 heavy (non-hydrogen) atoms. The highest BCUT2D eigenvalue weighted by molar-refractivity contribution is 5.89. The van der Waals surface area contributed by atoms with Gasteiger partial charge in [-0.1, -0.05) is 0 Å². The normalized spacial score (nSPS) is 31.9. The molecule has 0 bridgehead atoms. The average molecular weight is 227 g/mol. The molecule has 0 unspecified atom stereocenters. The van der Waals surface area contributed by atoms with Gasteiger partial charge in [0.25, 0.3) is 5.91 Å². The lowest BCUT2D eigenvalue weighted by Crippen LogP contribution is -2.40. The number of rotatable bonds is 3. The molecule has 1 saturated heterocycles. The quantitative estimate of drug-likeness (QED) is 0.705. The van der Waals surface area contributed by atoms with Gasteiger partial charge in [-0.2, -0.15) is 10.2 Å². The maximum atomic E-state index is 12.0. The molecule has 2 heterocycles. The summed E-state index contributed by atoms with van der Waals surface area (Å²) in [4.78, 5) is 23.8. The van der Waals surface area contributed by atoms with Crippen LogP contribution in [-0.2, 0) is 9.53 Å². The van der Waals surface area contributed by atoms with Gasteiger partial charge in [0, 0.05) is 25.9 Å². The Bertz CT molecular complexity index is 357. The van der Waals surface area contributed by atoms with Gasteiger partial charge >= 0.3 is 6.16 Å². The Morgan fingerprint density at radius 3 is 3.19 bits per heavy atom. The maximum Gasteiger partial charge on any atom is 0.505 e. The van der Waals surface area contributed by atoms with Crippen LogP contribution < -0.4 is 0 Å². The molecule has 0 saturated carbocycles. The third-order valence-electron chi connectivity index (χ3n) is 3.15. The Hall–Kier alpha value is -1.66. The molecule has 1 N–H and O–H groups in total. The number of hydrogen-bond acceptors (Lipinski definition) is 5. The van der Waals surface area contributed by atoms with Gasteiger partial charge in [0.2, 0.25) is 0 Å². The number of hydrogen-bond donors (Lipinski definition) is 1. The van der Waals surface area contributed by atoms with E-state index >= 15 is 0 Å². The highest BCUT2D eigenvalue weighted by Crippen LogP contribution is 2.39. The summed E-state index contributed by atoms with van der Waals surface area (Å²) in [7, 11) is 1.72. The Labute approximate surface area is 92.1 Å². The van der Waals surface area contributed by atoms with E-state index in [4.69, 9.17) is 5.11 Å². The monoisotopic (exact) mass is 227 g/mol. The van der Waals surface area contributed by atoms with Crippen molar-refractivity contribution in [3.63, 3.8) is 0 Å². The van der Waals surface area contributed by atoms with Crippen LogP contribution in [0.15, 0.2) is 10.2 Å². The third-order valence-corrected chi connectivity index (χ3v) is 3.15. The van der Waals surface area contributed by atoms with E-state index in [1.54, 1.807) is 11.9 Å². The van der Waals surface area contributed by atoms with Gasteiger partial charge < -0.3 is 14.7 Å². The summed E-state index contributed by atoms with van der Waals surface area (Å²) >= 11 is 0. The summed E-state index contributed by atoms with van der Waals surface area (Å²) in [5.74, 6) is -0.0323. The molecule has 1 amide bonds. The Kier molecular flexibility index (Phi) is 2.53. The highest BCUT2D eigenvalue weighted by atomic mass is 16.7. The summed E-state index contributed by atoms with van der Waals surface area (Å²) in [6.45, 7) is 1.13. The fraction of sp³-hybridized carbons (Fsp3) is 0.778. The number of likely N-dealkylation sites (N-methyl/N-ethyl adjacent to an activating group) is 1. The largest absolute Gasteiger partial charge is 0.505 e. The predicted molar refractivity (Wildman–Crippen MR) is 52.2 cm³/mol. The Morgan fingerprint density at radius 2 is 2.50 bits per heavy atom. The van der Waals surface area contributed by atoms with Crippen LogP contribution in [0.4, 0.5) is 4.79 Å². The molecule has 0 radical (unpaired) electrons. The molecule has 0 aliphatic carbocycles. The van der Waals surface area contributed by atoms with Crippen LogP contribution in [0.5, 0.6) is 0 Å². The van der Waals surface area contributed by atoms with E-state index < -0.39 is 11.7 Å². The van der Waals surface area contributed by atoms with Gasteiger partial charge in [-0.05, 0) is 0 Å². The molecule has 2 atom stereocenters. The molecule has 88 valence electrons. The van der Waals surface area contributed by atoms with Crippen molar-refractivity contribution in [1.82, 2.24) is 4.90 Å². The van der Waals surface area contributed by atoms with Gasteiger partial charge in [0.1, 0.15) is 0 Å². The summed E-state index contributed by atoms with van der Waals surface area (Å²) in [5, 5.41) is 16.3. The second kappa shape index (κ2) is 3.73. The molecule has 7 heteroatoms. The zero-order valence-electron chi connectivity index (χ0n) is 8.92. The first kappa shape index (κ1) is 10.8. The fourth-order valence-electron chi connectivity index (χ4n) is 2.32. The highest BCUT2D eigenvalue weighted by Gasteiger charge is 2.55. The van der Waals surface area contributed by atoms with Crippen LogP contribution in [-0.4, -0.2) is 54.4 Å². The fourth-order valence-corrected chi connectivity index (χ4v) is 2.32. The van der Waals surface area contributed by atoms with Gasteiger partial charge in [-0.3, -0.25) is 4.79 Å². The summed E-state index contributed by atoms with van der Waals surface area (Å²) < 4.78 is 4.43. The van der Waals surface area contributed by atoms with Gasteiger partial charge in [-0.25, -0.2) is 4.79 Å².